The summed E-state index contributed by atoms with van der Waals surface area (Å²) in [6, 6.07) is 15.6. The van der Waals surface area contributed by atoms with E-state index < -0.39 is 16.0 Å². The van der Waals surface area contributed by atoms with Crippen LogP contribution in [0.2, 0.25) is 0 Å². The summed E-state index contributed by atoms with van der Waals surface area (Å²) in [6.07, 6.45) is 2.03. The number of benzene rings is 3. The summed E-state index contributed by atoms with van der Waals surface area (Å²) in [4.78, 5) is 11.6. The maximum atomic E-state index is 12.3. The maximum Gasteiger partial charge on any atom is 0.338 e. The van der Waals surface area contributed by atoms with Crippen LogP contribution < -0.4 is 19.5 Å². The van der Waals surface area contributed by atoms with Crippen molar-refractivity contribution in [1.82, 2.24) is 4.72 Å². The van der Waals surface area contributed by atoms with Crippen molar-refractivity contribution in [2.45, 2.75) is 24.7 Å². The molecule has 0 atom stereocenters. The molecule has 0 unspecified atom stereocenters. The molecule has 3 N–H and O–H groups in total. The molecule has 9 heteroatoms. The van der Waals surface area contributed by atoms with Crippen LogP contribution in [0.3, 0.4) is 0 Å². The molecule has 0 aromatic heterocycles. The third-order valence-electron chi connectivity index (χ3n) is 5.28. The average molecular weight is 469 g/mol. The van der Waals surface area contributed by atoms with Crippen LogP contribution in [0, 0.1) is 0 Å². The molecule has 0 fully saturated rings. The van der Waals surface area contributed by atoms with Gasteiger partial charge in [-0.3, -0.25) is 0 Å². The third kappa shape index (κ3) is 4.64. The second-order valence-corrected chi connectivity index (χ2v) is 9.41. The van der Waals surface area contributed by atoms with Gasteiger partial charge in [0.05, 0.1) is 28.4 Å². The molecule has 4 rings (SSSR count). The molecule has 1 aliphatic heterocycles. The summed E-state index contributed by atoms with van der Waals surface area (Å²) in [5.41, 5.74) is 2.38. The van der Waals surface area contributed by atoms with E-state index >= 15 is 0 Å². The second-order valence-electron chi connectivity index (χ2n) is 7.52. The first kappa shape index (κ1) is 22.6. The molecule has 0 aliphatic carbocycles. The molecule has 1 aliphatic rings. The molecule has 0 bridgehead atoms. The van der Waals surface area contributed by atoms with E-state index in [-0.39, 0.29) is 21.9 Å². The molecule has 0 saturated carbocycles. The van der Waals surface area contributed by atoms with Crippen LogP contribution in [0.1, 0.15) is 30.1 Å². The number of nitrogens with one attached hydrogen (secondary N) is 2. The highest BCUT2D eigenvalue weighted by atomic mass is 32.2. The average Bonchev–Trinajstić information content (AvgIpc) is 2.82. The van der Waals surface area contributed by atoms with Gasteiger partial charge >= 0.3 is 5.97 Å². The van der Waals surface area contributed by atoms with E-state index in [1.165, 1.54) is 13.1 Å². The number of unbranched alkanes of at least 4 members (excludes halogenated alkanes) is 1. The predicted octanol–water partition coefficient (Wildman–Crippen LogP) is 4.99. The summed E-state index contributed by atoms with van der Waals surface area (Å²) < 4.78 is 38.5. The summed E-state index contributed by atoms with van der Waals surface area (Å²) in [7, 11) is -2.61. The maximum absolute atomic E-state index is 12.3. The Morgan fingerprint density at radius 3 is 2.61 bits per heavy atom. The van der Waals surface area contributed by atoms with Crippen molar-refractivity contribution < 1.29 is 27.8 Å². The number of aromatic carboxylic acids is 1. The van der Waals surface area contributed by atoms with Crippen molar-refractivity contribution >= 4 is 27.4 Å². The monoisotopic (exact) mass is 468 g/mol. The zero-order valence-electron chi connectivity index (χ0n) is 18.2. The lowest BCUT2D eigenvalue weighted by Crippen LogP contribution is -2.20. The van der Waals surface area contributed by atoms with E-state index in [1.54, 1.807) is 6.07 Å². The lowest BCUT2D eigenvalue weighted by atomic mass is 10.0. The minimum absolute atomic E-state index is 0.116. The quantitative estimate of drug-likeness (QED) is 0.312. The highest BCUT2D eigenvalue weighted by Gasteiger charge is 2.27. The highest BCUT2D eigenvalue weighted by Crippen LogP contribution is 2.46. The minimum Gasteiger partial charge on any atom is -0.494 e. The van der Waals surface area contributed by atoms with Gasteiger partial charge in [0, 0.05) is 6.07 Å². The van der Waals surface area contributed by atoms with E-state index in [1.807, 2.05) is 36.4 Å². The minimum atomic E-state index is -3.87. The molecule has 0 saturated heterocycles. The number of carboxylic acids is 1. The normalized spacial score (nSPS) is 12.2. The van der Waals surface area contributed by atoms with Crippen molar-refractivity contribution in [2.24, 2.45) is 0 Å². The van der Waals surface area contributed by atoms with Crippen molar-refractivity contribution in [3.05, 3.63) is 60.2 Å². The first-order valence-corrected chi connectivity index (χ1v) is 12.0. The number of sulfonamides is 1. The molecule has 3 aromatic carbocycles. The molecular weight excluding hydrogens is 444 g/mol. The predicted molar refractivity (Wildman–Crippen MR) is 125 cm³/mol. The van der Waals surface area contributed by atoms with E-state index in [9.17, 15) is 18.3 Å². The van der Waals surface area contributed by atoms with Gasteiger partial charge in [0.15, 0.2) is 11.5 Å². The Hall–Kier alpha value is -3.56. The summed E-state index contributed by atoms with van der Waals surface area (Å²) >= 11 is 0. The first-order chi connectivity index (χ1) is 15.8. The van der Waals surface area contributed by atoms with E-state index in [0.717, 1.165) is 35.8 Å². The SMILES string of the molecule is CCCCOc1cccc(-c2ccc3c(c2)Oc2cc(S(=O)(=O)NC)cc(C(=O)O)c2N3)c1. The number of rotatable bonds is 8. The Morgan fingerprint density at radius 2 is 1.88 bits per heavy atom. The first-order valence-electron chi connectivity index (χ1n) is 10.5. The number of hydrogen-bond donors (Lipinski definition) is 3. The van der Waals surface area contributed by atoms with Crippen molar-refractivity contribution in [2.75, 3.05) is 19.0 Å². The van der Waals surface area contributed by atoms with E-state index in [2.05, 4.69) is 17.0 Å². The number of ether oxygens (including phenoxy) is 2. The molecule has 172 valence electrons. The zero-order valence-corrected chi connectivity index (χ0v) is 19.0. The molecule has 0 amide bonds. The van der Waals surface area contributed by atoms with Gasteiger partial charge in [-0.05, 0) is 54.9 Å². The van der Waals surface area contributed by atoms with Gasteiger partial charge in [-0.2, -0.15) is 0 Å². The Labute approximate surface area is 192 Å². The van der Waals surface area contributed by atoms with Crippen molar-refractivity contribution in [3.8, 4) is 28.4 Å². The molecule has 1 heterocycles. The fraction of sp³-hybridized carbons (Fsp3) is 0.208. The highest BCUT2D eigenvalue weighted by molar-refractivity contribution is 7.89. The Kier molecular flexibility index (Phi) is 6.26. The zero-order chi connectivity index (χ0) is 23.6. The molecule has 0 radical (unpaired) electrons. The van der Waals surface area contributed by atoms with Crippen LogP contribution in [0.4, 0.5) is 11.4 Å². The smallest absolute Gasteiger partial charge is 0.338 e. The number of hydrogen-bond acceptors (Lipinski definition) is 6. The van der Waals surface area contributed by atoms with Gasteiger partial charge in [-0.1, -0.05) is 31.5 Å². The van der Waals surface area contributed by atoms with Gasteiger partial charge in [-0.25, -0.2) is 17.9 Å². The lowest BCUT2D eigenvalue weighted by molar-refractivity contribution is 0.0697. The second kappa shape index (κ2) is 9.13. The third-order valence-corrected chi connectivity index (χ3v) is 6.67. The number of carbonyl (C=O) groups is 1. The van der Waals surface area contributed by atoms with Gasteiger partial charge in [-0.15, -0.1) is 0 Å². The Balaban J connectivity index is 1.70. The Morgan fingerprint density at radius 1 is 1.09 bits per heavy atom. The van der Waals surface area contributed by atoms with Crippen molar-refractivity contribution in [3.63, 3.8) is 0 Å². The van der Waals surface area contributed by atoms with Gasteiger partial charge in [0.2, 0.25) is 10.0 Å². The van der Waals surface area contributed by atoms with Crippen LogP contribution in [0.5, 0.6) is 17.2 Å². The largest absolute Gasteiger partial charge is 0.494 e. The van der Waals surface area contributed by atoms with Crippen molar-refractivity contribution in [1.29, 1.82) is 0 Å². The molecule has 8 nitrogen and oxygen atoms in total. The van der Waals surface area contributed by atoms with E-state index in [0.29, 0.717) is 18.0 Å². The molecule has 0 spiro atoms. The van der Waals surface area contributed by atoms with Crippen LogP contribution in [-0.4, -0.2) is 33.1 Å². The van der Waals surface area contributed by atoms with Crippen LogP contribution in [-0.2, 0) is 10.0 Å². The topological polar surface area (TPSA) is 114 Å². The van der Waals surface area contributed by atoms with Crippen LogP contribution >= 0.6 is 0 Å². The van der Waals surface area contributed by atoms with Crippen LogP contribution in [0.15, 0.2) is 59.5 Å². The summed E-state index contributed by atoms with van der Waals surface area (Å²) in [5, 5.41) is 12.7. The summed E-state index contributed by atoms with van der Waals surface area (Å²) in [6.45, 7) is 2.76. The molecule has 33 heavy (non-hydrogen) atoms. The molecular formula is C24H24N2O6S. The van der Waals surface area contributed by atoms with Gasteiger partial charge in [0.1, 0.15) is 5.75 Å². The summed E-state index contributed by atoms with van der Waals surface area (Å²) in [5.74, 6) is 0.0733. The van der Waals surface area contributed by atoms with Gasteiger partial charge in [0.25, 0.3) is 0 Å². The fourth-order valence-electron chi connectivity index (χ4n) is 3.48. The Bertz CT molecular complexity index is 1320. The number of fused-ring (bicyclic) bond motifs is 2. The lowest BCUT2D eigenvalue weighted by Gasteiger charge is -2.24. The number of carboxylic acid groups (broad SMARTS) is 1. The standard InChI is InChI=1S/C24H24N2O6S/c1-3-4-10-31-17-7-5-6-15(11-17)16-8-9-20-21(12-16)32-22-14-18(33(29,30)25-2)13-19(24(27)28)23(22)26-20/h5-9,11-14,25-26H,3-4,10H2,1-2H3,(H,27,28). The fourth-order valence-corrected chi connectivity index (χ4v) is 4.25. The molecule has 3 aromatic rings. The number of anilines is 2. The van der Waals surface area contributed by atoms with Gasteiger partial charge < -0.3 is 19.9 Å². The van der Waals surface area contributed by atoms with E-state index in [4.69, 9.17) is 9.47 Å². The van der Waals surface area contributed by atoms with Crippen LogP contribution in [0.25, 0.3) is 11.1 Å².